The highest BCUT2D eigenvalue weighted by Gasteiger charge is 2.16. The van der Waals surface area contributed by atoms with Crippen LogP contribution < -0.4 is 16.6 Å². The van der Waals surface area contributed by atoms with E-state index in [4.69, 9.17) is 5.84 Å². The molecule has 0 aliphatic rings. The Labute approximate surface area is 111 Å². The van der Waals surface area contributed by atoms with E-state index in [2.05, 4.69) is 15.7 Å². The third kappa shape index (κ3) is 2.78. The van der Waals surface area contributed by atoms with Crippen LogP contribution in [0.25, 0.3) is 0 Å². The quantitative estimate of drug-likeness (QED) is 0.451. The molecule has 0 amide bonds. The minimum Gasteiger partial charge on any atom is -0.334 e. The Morgan fingerprint density at radius 1 is 1.20 bits per heavy atom. The van der Waals surface area contributed by atoms with Gasteiger partial charge < -0.3 is 10.7 Å². The van der Waals surface area contributed by atoms with E-state index in [9.17, 15) is 18.9 Å². The second-order valence-corrected chi connectivity index (χ2v) is 3.72. The van der Waals surface area contributed by atoms with Gasteiger partial charge in [0.2, 0.25) is 5.82 Å². The summed E-state index contributed by atoms with van der Waals surface area (Å²) in [5.74, 6) is 3.11. The Morgan fingerprint density at radius 2 is 1.95 bits per heavy atom. The van der Waals surface area contributed by atoms with Crippen LogP contribution in [0.5, 0.6) is 0 Å². The molecule has 1 aromatic heterocycles. The molecule has 0 aliphatic heterocycles. The molecule has 2 rings (SSSR count). The highest BCUT2D eigenvalue weighted by molar-refractivity contribution is 5.67. The second-order valence-electron chi connectivity index (χ2n) is 3.72. The summed E-state index contributed by atoms with van der Waals surface area (Å²) in [4.78, 5) is 14.1. The molecular weight excluding hydrogens is 272 g/mol. The molecule has 0 unspecified atom stereocenters. The Morgan fingerprint density at radius 3 is 2.55 bits per heavy atom. The number of nitrogen functional groups attached to an aromatic ring is 1. The molecule has 0 fully saturated rings. The fourth-order valence-electron chi connectivity index (χ4n) is 1.48. The molecule has 0 aliphatic carbocycles. The molecular formula is C11H9F2N5O2. The minimum atomic E-state index is -1.08. The van der Waals surface area contributed by atoms with Crippen LogP contribution in [-0.2, 0) is 0 Å². The Balaban J connectivity index is 2.40. The van der Waals surface area contributed by atoms with Gasteiger partial charge in [0, 0.05) is 17.8 Å². The Kier molecular flexibility index (Phi) is 3.71. The summed E-state index contributed by atoms with van der Waals surface area (Å²) in [6.07, 6.45) is 0. The zero-order valence-corrected chi connectivity index (χ0v) is 9.93. The number of hydrogen-bond acceptors (Lipinski definition) is 6. The van der Waals surface area contributed by atoms with E-state index in [0.717, 1.165) is 12.1 Å². The summed E-state index contributed by atoms with van der Waals surface area (Å²) in [5, 5.41) is 13.4. The molecule has 2 aromatic rings. The first-order valence-electron chi connectivity index (χ1n) is 5.35. The van der Waals surface area contributed by atoms with Crippen molar-refractivity contribution in [3.63, 3.8) is 0 Å². The normalized spacial score (nSPS) is 10.2. The maximum Gasteiger partial charge on any atom is 0.311 e. The van der Waals surface area contributed by atoms with Gasteiger partial charge in [-0.05, 0) is 18.2 Å². The van der Waals surface area contributed by atoms with Gasteiger partial charge in [-0.1, -0.05) is 0 Å². The molecule has 0 saturated carbocycles. The number of hydrazine groups is 1. The SMILES string of the molecule is NNc1ccc([N+](=O)[O-])c(Nc2ccc(F)c(F)c2)n1. The summed E-state index contributed by atoms with van der Waals surface area (Å²) in [6, 6.07) is 5.49. The van der Waals surface area contributed by atoms with Crippen LogP contribution in [0.15, 0.2) is 30.3 Å². The van der Waals surface area contributed by atoms with Gasteiger partial charge in [0.15, 0.2) is 11.6 Å². The van der Waals surface area contributed by atoms with E-state index < -0.39 is 16.6 Å². The number of benzene rings is 1. The standard InChI is InChI=1S/C11H9F2N5O2/c12-7-2-1-6(5-8(7)13)15-11-9(18(19)20)3-4-10(16-11)17-14/h1-5H,14H2,(H2,15,16,17). The molecule has 9 heteroatoms. The molecule has 4 N–H and O–H groups in total. The van der Waals surface area contributed by atoms with Crippen LogP contribution in [0.3, 0.4) is 0 Å². The maximum atomic E-state index is 13.1. The van der Waals surface area contributed by atoms with E-state index in [0.29, 0.717) is 0 Å². The van der Waals surface area contributed by atoms with Gasteiger partial charge in [0.25, 0.3) is 0 Å². The average Bonchev–Trinajstić information content (AvgIpc) is 2.42. The van der Waals surface area contributed by atoms with Crippen molar-refractivity contribution in [1.29, 1.82) is 0 Å². The predicted octanol–water partition coefficient (Wildman–Crippen LogP) is 2.30. The summed E-state index contributed by atoms with van der Waals surface area (Å²) in [5.41, 5.74) is 2.03. The first kappa shape index (κ1) is 13.6. The lowest BCUT2D eigenvalue weighted by Crippen LogP contribution is -2.10. The van der Waals surface area contributed by atoms with Gasteiger partial charge in [-0.3, -0.25) is 10.1 Å². The lowest BCUT2D eigenvalue weighted by atomic mass is 10.3. The second kappa shape index (κ2) is 5.45. The number of anilines is 3. The van der Waals surface area contributed by atoms with E-state index in [1.807, 2.05) is 0 Å². The third-order valence-electron chi connectivity index (χ3n) is 2.40. The van der Waals surface area contributed by atoms with Gasteiger partial charge in [0.1, 0.15) is 5.82 Å². The number of pyridine rings is 1. The minimum absolute atomic E-state index is 0.119. The van der Waals surface area contributed by atoms with E-state index in [1.165, 1.54) is 18.2 Å². The largest absolute Gasteiger partial charge is 0.334 e. The number of halogens is 2. The highest BCUT2D eigenvalue weighted by Crippen LogP contribution is 2.27. The molecule has 0 saturated heterocycles. The van der Waals surface area contributed by atoms with Crippen molar-refractivity contribution < 1.29 is 13.7 Å². The van der Waals surface area contributed by atoms with Crippen LogP contribution in [0.4, 0.5) is 31.8 Å². The fourth-order valence-corrected chi connectivity index (χ4v) is 1.48. The van der Waals surface area contributed by atoms with Crippen LogP contribution >= 0.6 is 0 Å². The molecule has 1 heterocycles. The number of nitrogens with two attached hydrogens (primary N) is 1. The topological polar surface area (TPSA) is 106 Å². The number of nitrogens with zero attached hydrogens (tertiary/aromatic N) is 2. The van der Waals surface area contributed by atoms with Crippen molar-refractivity contribution in [2.24, 2.45) is 5.84 Å². The van der Waals surface area contributed by atoms with Gasteiger partial charge in [0.05, 0.1) is 4.92 Å². The number of rotatable bonds is 4. The van der Waals surface area contributed by atoms with E-state index in [1.54, 1.807) is 0 Å². The molecule has 0 bridgehead atoms. The van der Waals surface area contributed by atoms with E-state index >= 15 is 0 Å². The smallest absolute Gasteiger partial charge is 0.311 e. The predicted molar refractivity (Wildman–Crippen MR) is 68.3 cm³/mol. The molecule has 0 atom stereocenters. The maximum absolute atomic E-state index is 13.1. The Hall–Kier alpha value is -2.81. The first-order valence-corrected chi connectivity index (χ1v) is 5.35. The summed E-state index contributed by atoms with van der Waals surface area (Å²) < 4.78 is 25.9. The summed E-state index contributed by atoms with van der Waals surface area (Å²) >= 11 is 0. The van der Waals surface area contributed by atoms with Crippen LogP contribution in [0.1, 0.15) is 0 Å². The molecule has 104 valence electrons. The summed E-state index contributed by atoms with van der Waals surface area (Å²) in [7, 11) is 0. The molecule has 7 nitrogen and oxygen atoms in total. The number of nitrogens with one attached hydrogen (secondary N) is 2. The van der Waals surface area contributed by atoms with Gasteiger partial charge in [-0.15, -0.1) is 0 Å². The monoisotopic (exact) mass is 281 g/mol. The van der Waals surface area contributed by atoms with Crippen molar-refractivity contribution in [3.05, 3.63) is 52.1 Å². The number of hydrogen-bond donors (Lipinski definition) is 3. The summed E-state index contributed by atoms with van der Waals surface area (Å²) in [6.45, 7) is 0. The molecule has 1 aromatic carbocycles. The van der Waals surface area contributed by atoms with Crippen LogP contribution in [-0.4, -0.2) is 9.91 Å². The lowest BCUT2D eigenvalue weighted by Gasteiger charge is -2.08. The van der Waals surface area contributed by atoms with E-state index in [-0.39, 0.29) is 23.0 Å². The van der Waals surface area contributed by atoms with Crippen molar-refractivity contribution in [3.8, 4) is 0 Å². The van der Waals surface area contributed by atoms with Gasteiger partial charge in [-0.25, -0.2) is 19.6 Å². The van der Waals surface area contributed by atoms with Crippen molar-refractivity contribution in [2.75, 3.05) is 10.7 Å². The third-order valence-corrected chi connectivity index (χ3v) is 2.40. The molecule has 0 spiro atoms. The van der Waals surface area contributed by atoms with Crippen LogP contribution in [0.2, 0.25) is 0 Å². The Bertz CT molecular complexity index is 665. The van der Waals surface area contributed by atoms with Crippen molar-refractivity contribution in [1.82, 2.24) is 4.98 Å². The van der Waals surface area contributed by atoms with Gasteiger partial charge >= 0.3 is 5.69 Å². The van der Waals surface area contributed by atoms with Gasteiger partial charge in [-0.2, -0.15) is 0 Å². The first-order chi connectivity index (χ1) is 9.51. The number of aromatic nitrogens is 1. The molecule has 0 radical (unpaired) electrons. The van der Waals surface area contributed by atoms with Crippen molar-refractivity contribution in [2.45, 2.75) is 0 Å². The van der Waals surface area contributed by atoms with Crippen LogP contribution in [0, 0.1) is 21.7 Å². The molecule has 20 heavy (non-hydrogen) atoms. The zero-order valence-electron chi connectivity index (χ0n) is 9.93. The average molecular weight is 281 g/mol. The van der Waals surface area contributed by atoms with Crippen molar-refractivity contribution >= 4 is 23.0 Å². The lowest BCUT2D eigenvalue weighted by molar-refractivity contribution is -0.384. The number of nitro groups is 1. The zero-order chi connectivity index (χ0) is 14.7. The highest BCUT2D eigenvalue weighted by atomic mass is 19.2. The fraction of sp³-hybridized carbons (Fsp3) is 0.